The van der Waals surface area contributed by atoms with Crippen molar-refractivity contribution in [2.75, 3.05) is 26.2 Å². The lowest BCUT2D eigenvalue weighted by Gasteiger charge is -2.31. The first-order valence-electron chi connectivity index (χ1n) is 8.00. The molecule has 122 valence electrons. The van der Waals surface area contributed by atoms with E-state index in [1.165, 1.54) is 0 Å². The molecule has 4 nitrogen and oxygen atoms in total. The molecular weight excluding hydrogens is 312 g/mol. The molecule has 1 aromatic heterocycles. The number of benzene rings is 1. The van der Waals surface area contributed by atoms with Crippen molar-refractivity contribution in [2.24, 2.45) is 0 Å². The monoisotopic (exact) mass is 332 g/mol. The van der Waals surface area contributed by atoms with Gasteiger partial charge in [0.1, 0.15) is 12.4 Å². The summed E-state index contributed by atoms with van der Waals surface area (Å²) >= 11 is 5.86. The Morgan fingerprint density at radius 3 is 2.61 bits per heavy atom. The van der Waals surface area contributed by atoms with Gasteiger partial charge < -0.3 is 9.72 Å². The van der Waals surface area contributed by atoms with Gasteiger partial charge in [0.25, 0.3) is 0 Å². The van der Waals surface area contributed by atoms with E-state index in [-0.39, 0.29) is 5.56 Å². The average Bonchev–Trinajstić information content (AvgIpc) is 2.57. The zero-order chi connectivity index (χ0) is 16.1. The highest BCUT2D eigenvalue weighted by molar-refractivity contribution is 6.30. The number of pyridine rings is 1. The Labute approximate surface area is 141 Å². The van der Waals surface area contributed by atoms with E-state index in [1.54, 1.807) is 12.3 Å². The van der Waals surface area contributed by atoms with E-state index in [1.807, 2.05) is 30.3 Å². The summed E-state index contributed by atoms with van der Waals surface area (Å²) < 4.78 is 5.75. The number of aromatic nitrogens is 1. The smallest absolute Gasteiger partial charge is 0.248 e. The fraction of sp³-hybridized carbons (Fsp3) is 0.389. The maximum absolute atomic E-state index is 11.4. The molecule has 1 aliphatic rings. The van der Waals surface area contributed by atoms with Gasteiger partial charge in [0, 0.05) is 23.8 Å². The van der Waals surface area contributed by atoms with Crippen molar-refractivity contribution in [1.29, 1.82) is 0 Å². The number of H-pyrrole nitrogens is 1. The van der Waals surface area contributed by atoms with Crippen LogP contribution in [0.15, 0.2) is 47.4 Å². The van der Waals surface area contributed by atoms with E-state index in [0.717, 1.165) is 48.8 Å². The van der Waals surface area contributed by atoms with Crippen LogP contribution in [0.4, 0.5) is 0 Å². The first kappa shape index (κ1) is 16.1. The molecule has 0 radical (unpaired) electrons. The number of rotatable bonds is 5. The van der Waals surface area contributed by atoms with Crippen LogP contribution in [0.25, 0.3) is 0 Å². The lowest BCUT2D eigenvalue weighted by Crippen LogP contribution is -2.36. The summed E-state index contributed by atoms with van der Waals surface area (Å²) in [4.78, 5) is 16.5. The Balaban J connectivity index is 1.42. The zero-order valence-electron chi connectivity index (χ0n) is 13.0. The van der Waals surface area contributed by atoms with Crippen LogP contribution in [0.5, 0.6) is 5.75 Å². The molecule has 23 heavy (non-hydrogen) atoms. The van der Waals surface area contributed by atoms with E-state index in [9.17, 15) is 4.79 Å². The second kappa shape index (κ2) is 7.66. The first-order chi connectivity index (χ1) is 11.2. The zero-order valence-corrected chi connectivity index (χ0v) is 13.8. The van der Waals surface area contributed by atoms with Crippen LogP contribution >= 0.6 is 11.6 Å². The van der Waals surface area contributed by atoms with Crippen LogP contribution in [0, 0.1) is 0 Å². The molecule has 5 heteroatoms. The Morgan fingerprint density at radius 1 is 1.17 bits per heavy atom. The maximum Gasteiger partial charge on any atom is 0.248 e. The van der Waals surface area contributed by atoms with Crippen LogP contribution in [0.1, 0.15) is 24.3 Å². The molecule has 0 spiro atoms. The van der Waals surface area contributed by atoms with Crippen molar-refractivity contribution in [3.63, 3.8) is 0 Å². The third kappa shape index (κ3) is 4.60. The van der Waals surface area contributed by atoms with Crippen LogP contribution < -0.4 is 10.3 Å². The summed E-state index contributed by atoms with van der Waals surface area (Å²) in [5, 5.41) is 0.721. The highest BCUT2D eigenvalue weighted by Crippen LogP contribution is 2.26. The SMILES string of the molecule is O=c1cc(C2CCN(CCOc3ccc(Cl)cc3)CC2)cc[nH]1. The van der Waals surface area contributed by atoms with E-state index >= 15 is 0 Å². The number of aromatic amines is 1. The van der Waals surface area contributed by atoms with Crippen molar-refractivity contribution in [3.8, 4) is 5.75 Å². The number of piperidine rings is 1. The minimum Gasteiger partial charge on any atom is -0.492 e. The molecule has 2 heterocycles. The Kier molecular flexibility index (Phi) is 5.36. The van der Waals surface area contributed by atoms with E-state index in [0.29, 0.717) is 12.5 Å². The number of hydrogen-bond acceptors (Lipinski definition) is 3. The van der Waals surface area contributed by atoms with Gasteiger partial charge in [0.15, 0.2) is 0 Å². The minimum atomic E-state index is -0.0127. The van der Waals surface area contributed by atoms with Gasteiger partial charge in [-0.1, -0.05) is 11.6 Å². The molecule has 0 aliphatic carbocycles. The van der Waals surface area contributed by atoms with Crippen molar-refractivity contribution in [3.05, 3.63) is 63.5 Å². The fourth-order valence-electron chi connectivity index (χ4n) is 3.03. The summed E-state index contributed by atoms with van der Waals surface area (Å²) in [6.45, 7) is 3.69. The van der Waals surface area contributed by atoms with Gasteiger partial charge in [-0.25, -0.2) is 0 Å². The fourth-order valence-corrected chi connectivity index (χ4v) is 3.15. The summed E-state index contributed by atoms with van der Waals surface area (Å²) in [5.74, 6) is 1.35. The molecule has 3 rings (SSSR count). The Bertz CT molecular complexity index is 676. The summed E-state index contributed by atoms with van der Waals surface area (Å²) in [6.07, 6.45) is 3.92. The predicted octanol–water partition coefficient (Wildman–Crippen LogP) is 3.29. The molecular formula is C18H21ClN2O2. The number of likely N-dealkylation sites (tertiary alicyclic amines) is 1. The normalized spacial score (nSPS) is 16.4. The molecule has 0 saturated carbocycles. The molecule has 1 aliphatic heterocycles. The summed E-state index contributed by atoms with van der Waals surface area (Å²) in [6, 6.07) is 11.2. The van der Waals surface area contributed by atoms with Crippen molar-refractivity contribution in [2.45, 2.75) is 18.8 Å². The van der Waals surface area contributed by atoms with Gasteiger partial charge >= 0.3 is 0 Å². The third-order valence-electron chi connectivity index (χ3n) is 4.35. The lowest BCUT2D eigenvalue weighted by molar-refractivity contribution is 0.173. The molecule has 0 amide bonds. The minimum absolute atomic E-state index is 0.0127. The van der Waals surface area contributed by atoms with Crippen LogP contribution in [-0.4, -0.2) is 36.1 Å². The lowest BCUT2D eigenvalue weighted by atomic mass is 9.90. The van der Waals surface area contributed by atoms with E-state index < -0.39 is 0 Å². The molecule has 1 N–H and O–H groups in total. The topological polar surface area (TPSA) is 45.3 Å². The van der Waals surface area contributed by atoms with E-state index in [2.05, 4.69) is 9.88 Å². The summed E-state index contributed by atoms with van der Waals surface area (Å²) in [5.41, 5.74) is 1.15. The van der Waals surface area contributed by atoms with Crippen molar-refractivity contribution < 1.29 is 4.74 Å². The number of nitrogens with one attached hydrogen (secondary N) is 1. The van der Waals surface area contributed by atoms with Gasteiger partial charge in [0.05, 0.1) is 0 Å². The van der Waals surface area contributed by atoms with Gasteiger partial charge in [-0.2, -0.15) is 0 Å². The van der Waals surface area contributed by atoms with Crippen LogP contribution in [0.2, 0.25) is 5.02 Å². The standard InChI is InChI=1S/C18H21ClN2O2/c19-16-1-3-17(4-2-16)23-12-11-21-9-6-14(7-10-21)15-5-8-20-18(22)13-15/h1-5,8,13-14H,6-7,9-12H2,(H,20,22). The highest BCUT2D eigenvalue weighted by Gasteiger charge is 2.20. The quantitative estimate of drug-likeness (QED) is 0.914. The Hall–Kier alpha value is -1.78. The molecule has 0 atom stereocenters. The second-order valence-electron chi connectivity index (χ2n) is 5.90. The van der Waals surface area contributed by atoms with Gasteiger partial charge in [-0.15, -0.1) is 0 Å². The predicted molar refractivity (Wildman–Crippen MR) is 92.4 cm³/mol. The maximum atomic E-state index is 11.4. The van der Waals surface area contributed by atoms with Crippen LogP contribution in [-0.2, 0) is 0 Å². The second-order valence-corrected chi connectivity index (χ2v) is 6.34. The molecule has 1 aromatic carbocycles. The molecule has 1 saturated heterocycles. The molecule has 2 aromatic rings. The van der Waals surface area contributed by atoms with Gasteiger partial charge in [0.2, 0.25) is 5.56 Å². The average molecular weight is 333 g/mol. The van der Waals surface area contributed by atoms with Gasteiger partial charge in [-0.3, -0.25) is 9.69 Å². The molecule has 0 bridgehead atoms. The Morgan fingerprint density at radius 2 is 1.91 bits per heavy atom. The van der Waals surface area contributed by atoms with Crippen molar-refractivity contribution >= 4 is 11.6 Å². The summed E-state index contributed by atoms with van der Waals surface area (Å²) in [7, 11) is 0. The molecule has 1 fully saturated rings. The first-order valence-corrected chi connectivity index (χ1v) is 8.38. The highest BCUT2D eigenvalue weighted by atomic mass is 35.5. The van der Waals surface area contributed by atoms with Crippen molar-refractivity contribution in [1.82, 2.24) is 9.88 Å². The number of hydrogen-bond donors (Lipinski definition) is 1. The largest absolute Gasteiger partial charge is 0.492 e. The number of ether oxygens (including phenoxy) is 1. The number of nitrogens with zero attached hydrogens (tertiary/aromatic N) is 1. The van der Waals surface area contributed by atoms with Crippen LogP contribution in [0.3, 0.4) is 0 Å². The van der Waals surface area contributed by atoms with Gasteiger partial charge in [-0.05, 0) is 67.7 Å². The molecule has 0 unspecified atom stereocenters. The van der Waals surface area contributed by atoms with E-state index in [4.69, 9.17) is 16.3 Å². The number of halogens is 1. The third-order valence-corrected chi connectivity index (χ3v) is 4.60.